The Morgan fingerprint density at radius 3 is 2.40 bits per heavy atom. The maximum absolute atomic E-state index is 8.64. The number of hydrogen-bond acceptors (Lipinski definition) is 5. The number of nitrogens with two attached hydrogens (primary N) is 1. The first-order chi connectivity index (χ1) is 9.51. The fourth-order valence-corrected chi connectivity index (χ4v) is 1.92. The number of anilines is 2. The zero-order valence-corrected chi connectivity index (χ0v) is 11.7. The second-order valence-electron chi connectivity index (χ2n) is 4.51. The van der Waals surface area contributed by atoms with E-state index in [1.807, 2.05) is 44.0 Å². The second-order valence-corrected chi connectivity index (χ2v) is 4.51. The summed E-state index contributed by atoms with van der Waals surface area (Å²) in [7, 11) is 1.93. The van der Waals surface area contributed by atoms with Crippen molar-refractivity contribution in [1.82, 2.24) is 9.97 Å². The molecule has 0 aliphatic rings. The van der Waals surface area contributed by atoms with Gasteiger partial charge < -0.3 is 15.8 Å². The van der Waals surface area contributed by atoms with E-state index in [0.29, 0.717) is 5.56 Å². The molecular weight excluding hydrogens is 254 g/mol. The molecule has 1 aromatic heterocycles. The second kappa shape index (κ2) is 5.56. The van der Waals surface area contributed by atoms with Crippen LogP contribution in [0, 0.1) is 13.8 Å². The van der Waals surface area contributed by atoms with Crippen LogP contribution in [0.1, 0.15) is 17.1 Å². The van der Waals surface area contributed by atoms with Crippen LogP contribution >= 0.6 is 0 Å². The molecule has 0 atom stereocenters. The SMILES string of the molecule is Cc1cc(N(C)c2ccc(C(N)=NO)cc2)nc(C)n1. The molecule has 104 valence electrons. The van der Waals surface area contributed by atoms with E-state index in [1.54, 1.807) is 12.1 Å². The van der Waals surface area contributed by atoms with Crippen LogP contribution in [0.2, 0.25) is 0 Å². The summed E-state index contributed by atoms with van der Waals surface area (Å²) >= 11 is 0. The molecule has 0 saturated carbocycles. The molecule has 6 heteroatoms. The fraction of sp³-hybridized carbons (Fsp3) is 0.214. The Bertz CT molecular complexity index is 616. The molecule has 0 spiro atoms. The molecule has 0 bridgehead atoms. The Hall–Kier alpha value is -2.63. The Labute approximate surface area is 117 Å². The Morgan fingerprint density at radius 2 is 1.85 bits per heavy atom. The summed E-state index contributed by atoms with van der Waals surface area (Å²) in [5.74, 6) is 1.65. The molecule has 0 saturated heterocycles. The molecule has 6 nitrogen and oxygen atoms in total. The summed E-state index contributed by atoms with van der Waals surface area (Å²) in [6.45, 7) is 3.80. The van der Waals surface area contributed by atoms with Gasteiger partial charge in [-0.15, -0.1) is 0 Å². The molecule has 0 unspecified atom stereocenters. The van der Waals surface area contributed by atoms with Crippen LogP contribution in [-0.4, -0.2) is 28.1 Å². The molecule has 2 aromatic rings. The van der Waals surface area contributed by atoms with Crippen LogP contribution in [0.3, 0.4) is 0 Å². The molecule has 2 rings (SSSR count). The van der Waals surface area contributed by atoms with Crippen LogP contribution < -0.4 is 10.6 Å². The zero-order chi connectivity index (χ0) is 14.7. The molecule has 0 aliphatic heterocycles. The molecule has 3 N–H and O–H groups in total. The fourth-order valence-electron chi connectivity index (χ4n) is 1.92. The first-order valence-corrected chi connectivity index (χ1v) is 6.15. The van der Waals surface area contributed by atoms with Gasteiger partial charge in [-0.1, -0.05) is 5.16 Å². The van der Waals surface area contributed by atoms with E-state index >= 15 is 0 Å². The number of amidine groups is 1. The lowest BCUT2D eigenvalue weighted by molar-refractivity contribution is 0.318. The minimum Gasteiger partial charge on any atom is -0.409 e. The number of benzene rings is 1. The van der Waals surface area contributed by atoms with Crippen molar-refractivity contribution in [3.63, 3.8) is 0 Å². The largest absolute Gasteiger partial charge is 0.409 e. The molecule has 20 heavy (non-hydrogen) atoms. The summed E-state index contributed by atoms with van der Waals surface area (Å²) < 4.78 is 0. The van der Waals surface area contributed by atoms with Gasteiger partial charge in [0.25, 0.3) is 0 Å². The zero-order valence-electron chi connectivity index (χ0n) is 11.7. The molecule has 1 aromatic carbocycles. The Morgan fingerprint density at radius 1 is 1.20 bits per heavy atom. The highest BCUT2D eigenvalue weighted by atomic mass is 16.4. The Kier molecular flexibility index (Phi) is 3.84. The van der Waals surface area contributed by atoms with Gasteiger partial charge in [0, 0.05) is 30.1 Å². The number of rotatable bonds is 3. The average Bonchev–Trinajstić information content (AvgIpc) is 2.45. The number of hydrogen-bond donors (Lipinski definition) is 2. The highest BCUT2D eigenvalue weighted by Gasteiger charge is 2.08. The number of oxime groups is 1. The summed E-state index contributed by atoms with van der Waals surface area (Å²) in [6.07, 6.45) is 0. The topological polar surface area (TPSA) is 87.6 Å². The first kappa shape index (κ1) is 13.8. The lowest BCUT2D eigenvalue weighted by Crippen LogP contribution is -2.15. The minimum absolute atomic E-state index is 0.0907. The summed E-state index contributed by atoms with van der Waals surface area (Å²) in [4.78, 5) is 10.6. The van der Waals surface area contributed by atoms with E-state index in [2.05, 4.69) is 15.1 Å². The van der Waals surface area contributed by atoms with E-state index in [1.165, 1.54) is 0 Å². The molecule has 0 radical (unpaired) electrons. The van der Waals surface area contributed by atoms with Gasteiger partial charge in [0.2, 0.25) is 0 Å². The van der Waals surface area contributed by atoms with E-state index in [9.17, 15) is 0 Å². The van der Waals surface area contributed by atoms with Crippen molar-refractivity contribution in [2.24, 2.45) is 10.9 Å². The van der Waals surface area contributed by atoms with Gasteiger partial charge in [-0.25, -0.2) is 9.97 Å². The van der Waals surface area contributed by atoms with Gasteiger partial charge in [0.15, 0.2) is 5.84 Å². The minimum atomic E-state index is 0.0907. The van der Waals surface area contributed by atoms with Gasteiger partial charge in [0.05, 0.1) is 0 Å². The van der Waals surface area contributed by atoms with Crippen LogP contribution in [0.25, 0.3) is 0 Å². The van der Waals surface area contributed by atoms with E-state index in [0.717, 1.165) is 23.0 Å². The Balaban J connectivity index is 2.31. The monoisotopic (exact) mass is 271 g/mol. The highest BCUT2D eigenvalue weighted by molar-refractivity contribution is 5.97. The molecule has 0 fully saturated rings. The van der Waals surface area contributed by atoms with Crippen molar-refractivity contribution >= 4 is 17.3 Å². The lowest BCUT2D eigenvalue weighted by Gasteiger charge is -2.19. The number of nitrogens with zero attached hydrogens (tertiary/aromatic N) is 4. The summed E-state index contributed by atoms with van der Waals surface area (Å²) in [6, 6.07) is 9.29. The highest BCUT2D eigenvalue weighted by Crippen LogP contribution is 2.22. The molecule has 1 heterocycles. The van der Waals surface area contributed by atoms with E-state index in [-0.39, 0.29) is 5.84 Å². The normalized spacial score (nSPS) is 11.4. The third-order valence-corrected chi connectivity index (χ3v) is 2.95. The first-order valence-electron chi connectivity index (χ1n) is 6.15. The molecule has 0 aliphatic carbocycles. The van der Waals surface area contributed by atoms with Gasteiger partial charge in [-0.3, -0.25) is 0 Å². The van der Waals surface area contributed by atoms with Crippen LogP contribution in [0.5, 0.6) is 0 Å². The van der Waals surface area contributed by atoms with E-state index < -0.39 is 0 Å². The van der Waals surface area contributed by atoms with Gasteiger partial charge in [-0.05, 0) is 38.1 Å². The van der Waals surface area contributed by atoms with Gasteiger partial charge in [-0.2, -0.15) is 0 Å². The van der Waals surface area contributed by atoms with Crippen molar-refractivity contribution in [2.45, 2.75) is 13.8 Å². The third-order valence-electron chi connectivity index (χ3n) is 2.95. The van der Waals surface area contributed by atoms with Crippen molar-refractivity contribution in [1.29, 1.82) is 0 Å². The van der Waals surface area contributed by atoms with Crippen LogP contribution in [0.4, 0.5) is 11.5 Å². The van der Waals surface area contributed by atoms with Crippen molar-refractivity contribution in [2.75, 3.05) is 11.9 Å². The third kappa shape index (κ3) is 2.85. The summed E-state index contributed by atoms with van der Waals surface area (Å²) in [5.41, 5.74) is 8.08. The van der Waals surface area contributed by atoms with Crippen molar-refractivity contribution < 1.29 is 5.21 Å². The van der Waals surface area contributed by atoms with Gasteiger partial charge in [0.1, 0.15) is 11.6 Å². The van der Waals surface area contributed by atoms with E-state index in [4.69, 9.17) is 10.9 Å². The average molecular weight is 271 g/mol. The number of aryl methyl sites for hydroxylation is 2. The predicted octanol–water partition coefficient (Wildman–Crippen LogP) is 1.96. The molecule has 0 amide bonds. The van der Waals surface area contributed by atoms with Crippen molar-refractivity contribution in [3.8, 4) is 0 Å². The van der Waals surface area contributed by atoms with Gasteiger partial charge >= 0.3 is 0 Å². The maximum atomic E-state index is 8.64. The smallest absolute Gasteiger partial charge is 0.170 e. The van der Waals surface area contributed by atoms with Crippen LogP contribution in [-0.2, 0) is 0 Å². The standard InChI is InChI=1S/C14H17N5O/c1-9-8-13(17-10(2)16-9)19(3)12-6-4-11(5-7-12)14(15)18-20/h4-8,20H,1-3H3,(H2,15,18). The molecular formula is C14H17N5O. The lowest BCUT2D eigenvalue weighted by atomic mass is 10.2. The maximum Gasteiger partial charge on any atom is 0.170 e. The summed E-state index contributed by atoms with van der Waals surface area (Å²) in [5, 5.41) is 11.6. The van der Waals surface area contributed by atoms with Crippen molar-refractivity contribution in [3.05, 3.63) is 47.4 Å². The number of aromatic nitrogens is 2. The van der Waals surface area contributed by atoms with Crippen LogP contribution in [0.15, 0.2) is 35.5 Å². The predicted molar refractivity (Wildman–Crippen MR) is 78.5 cm³/mol. The quantitative estimate of drug-likeness (QED) is 0.385.